The van der Waals surface area contributed by atoms with Gasteiger partial charge in [0.2, 0.25) is 0 Å². The zero-order valence-corrected chi connectivity index (χ0v) is 12.3. The van der Waals surface area contributed by atoms with Gasteiger partial charge in [-0.25, -0.2) is 4.98 Å². The third-order valence-electron chi connectivity index (χ3n) is 2.53. The molecule has 1 aromatic carbocycles. The number of halogens is 1. The molecule has 0 unspecified atom stereocenters. The third kappa shape index (κ3) is 3.25. The molecule has 0 aliphatic heterocycles. The van der Waals surface area contributed by atoms with Crippen LogP contribution in [-0.2, 0) is 6.61 Å². The summed E-state index contributed by atoms with van der Waals surface area (Å²) in [6.45, 7) is 4.37. The molecule has 0 amide bonds. The first-order valence-electron chi connectivity index (χ1n) is 5.89. The Labute approximate surface area is 121 Å². The molecule has 0 spiro atoms. The van der Waals surface area contributed by atoms with Crippen molar-refractivity contribution in [1.29, 1.82) is 5.26 Å². The fourth-order valence-electron chi connectivity index (χ4n) is 1.61. The maximum Gasteiger partial charge on any atom is 0.140 e. The molecule has 2 rings (SSSR count). The fraction of sp³-hybridized carbons (Fsp3) is 0.286. The van der Waals surface area contributed by atoms with Crippen LogP contribution < -0.4 is 4.74 Å². The molecule has 0 aliphatic carbocycles. The zero-order chi connectivity index (χ0) is 13.8. The summed E-state index contributed by atoms with van der Waals surface area (Å²) in [4.78, 5) is 5.11. The minimum Gasteiger partial charge on any atom is -0.485 e. The Morgan fingerprint density at radius 2 is 2.16 bits per heavy atom. The van der Waals surface area contributed by atoms with Crippen molar-refractivity contribution in [3.8, 4) is 11.8 Å². The first kappa shape index (κ1) is 13.9. The van der Waals surface area contributed by atoms with Crippen molar-refractivity contribution in [3.05, 3.63) is 44.9 Å². The molecule has 1 aromatic heterocycles. The number of para-hydroxylation sites is 1. The van der Waals surface area contributed by atoms with E-state index in [4.69, 9.17) is 21.6 Å². The van der Waals surface area contributed by atoms with Gasteiger partial charge in [0, 0.05) is 0 Å². The Bertz CT molecular complexity index is 616. The van der Waals surface area contributed by atoms with Crippen LogP contribution >= 0.6 is 22.9 Å². The Balaban J connectivity index is 2.13. The normalized spacial score (nSPS) is 10.5. The molecule has 0 saturated heterocycles. The van der Waals surface area contributed by atoms with Gasteiger partial charge in [0.05, 0.1) is 10.7 Å². The maximum absolute atomic E-state index is 9.07. The summed E-state index contributed by atoms with van der Waals surface area (Å²) in [5, 5.41) is 10.4. The molecule has 19 heavy (non-hydrogen) atoms. The van der Waals surface area contributed by atoms with Crippen molar-refractivity contribution in [2.45, 2.75) is 26.4 Å². The Hall–Kier alpha value is -1.57. The SMILES string of the molecule is CC(C)c1nc(COc2ccccc2Cl)sc1C#N. The van der Waals surface area contributed by atoms with Crippen LogP contribution in [0.25, 0.3) is 0 Å². The van der Waals surface area contributed by atoms with Crippen LogP contribution in [0, 0.1) is 11.3 Å². The lowest BCUT2D eigenvalue weighted by molar-refractivity contribution is 0.305. The first-order valence-corrected chi connectivity index (χ1v) is 7.08. The average Bonchev–Trinajstić information content (AvgIpc) is 2.81. The summed E-state index contributed by atoms with van der Waals surface area (Å²) in [5.41, 5.74) is 0.838. The highest BCUT2D eigenvalue weighted by Crippen LogP contribution is 2.27. The first-order chi connectivity index (χ1) is 9.11. The Morgan fingerprint density at radius 3 is 2.74 bits per heavy atom. The molecule has 0 saturated carbocycles. The van der Waals surface area contributed by atoms with E-state index in [1.54, 1.807) is 6.07 Å². The van der Waals surface area contributed by atoms with Crippen LogP contribution in [0.15, 0.2) is 24.3 Å². The minimum atomic E-state index is 0.236. The van der Waals surface area contributed by atoms with Crippen molar-refractivity contribution in [2.75, 3.05) is 0 Å². The van der Waals surface area contributed by atoms with E-state index in [2.05, 4.69) is 11.1 Å². The van der Waals surface area contributed by atoms with Crippen LogP contribution in [0.3, 0.4) is 0 Å². The number of nitriles is 1. The summed E-state index contributed by atoms with van der Waals surface area (Å²) < 4.78 is 5.62. The maximum atomic E-state index is 9.07. The van der Waals surface area contributed by atoms with Crippen molar-refractivity contribution >= 4 is 22.9 Å². The average molecular weight is 293 g/mol. The molecule has 0 fully saturated rings. The fourth-order valence-corrected chi connectivity index (χ4v) is 2.73. The molecule has 2 aromatic rings. The predicted octanol–water partition coefficient (Wildman–Crippen LogP) is 4.37. The van der Waals surface area contributed by atoms with E-state index in [0.29, 0.717) is 22.3 Å². The van der Waals surface area contributed by atoms with Gasteiger partial charge in [0.1, 0.15) is 28.3 Å². The van der Waals surface area contributed by atoms with Crippen LogP contribution in [0.2, 0.25) is 5.02 Å². The number of aromatic nitrogens is 1. The summed E-state index contributed by atoms with van der Waals surface area (Å²) in [7, 11) is 0. The number of ether oxygens (including phenoxy) is 1. The molecule has 0 aliphatic rings. The van der Waals surface area contributed by atoms with E-state index in [9.17, 15) is 0 Å². The van der Waals surface area contributed by atoms with Crippen LogP contribution in [0.5, 0.6) is 5.75 Å². The highest BCUT2D eigenvalue weighted by atomic mass is 35.5. The monoisotopic (exact) mass is 292 g/mol. The van der Waals surface area contributed by atoms with Crippen LogP contribution in [-0.4, -0.2) is 4.98 Å². The summed E-state index contributed by atoms with van der Waals surface area (Å²) in [6.07, 6.45) is 0. The highest BCUT2D eigenvalue weighted by molar-refractivity contribution is 7.12. The smallest absolute Gasteiger partial charge is 0.140 e. The van der Waals surface area contributed by atoms with E-state index < -0.39 is 0 Å². The van der Waals surface area contributed by atoms with Gasteiger partial charge < -0.3 is 4.74 Å². The van der Waals surface area contributed by atoms with Crippen LogP contribution in [0.1, 0.15) is 35.3 Å². The van der Waals surface area contributed by atoms with E-state index >= 15 is 0 Å². The molecule has 0 N–H and O–H groups in total. The number of hydrogen-bond acceptors (Lipinski definition) is 4. The molecule has 0 atom stereocenters. The standard InChI is InChI=1S/C14H13ClN2OS/c1-9(2)14-12(7-16)19-13(17-14)8-18-11-6-4-3-5-10(11)15/h3-6,9H,8H2,1-2H3. The third-order valence-corrected chi connectivity index (χ3v) is 3.80. The predicted molar refractivity (Wildman–Crippen MR) is 76.7 cm³/mol. The van der Waals surface area contributed by atoms with Crippen molar-refractivity contribution < 1.29 is 4.74 Å². The largest absolute Gasteiger partial charge is 0.485 e. The second-order valence-electron chi connectivity index (χ2n) is 4.31. The number of nitrogens with zero attached hydrogens (tertiary/aromatic N) is 2. The van der Waals surface area contributed by atoms with Gasteiger partial charge >= 0.3 is 0 Å². The molecule has 0 bridgehead atoms. The lowest BCUT2D eigenvalue weighted by Gasteiger charge is -2.05. The summed E-state index contributed by atoms with van der Waals surface area (Å²) in [5.74, 6) is 0.865. The van der Waals surface area contributed by atoms with E-state index in [-0.39, 0.29) is 5.92 Å². The summed E-state index contributed by atoms with van der Waals surface area (Å²) >= 11 is 7.38. The zero-order valence-electron chi connectivity index (χ0n) is 10.7. The molecule has 3 nitrogen and oxygen atoms in total. The summed E-state index contributed by atoms with van der Waals surface area (Å²) in [6, 6.07) is 9.48. The number of thiazole rings is 1. The van der Waals surface area contributed by atoms with Gasteiger partial charge in [-0.15, -0.1) is 11.3 Å². The Kier molecular flexibility index (Phi) is 4.41. The van der Waals surface area contributed by atoms with E-state index in [1.165, 1.54) is 11.3 Å². The van der Waals surface area contributed by atoms with Gasteiger partial charge in [0.25, 0.3) is 0 Å². The number of hydrogen-bond donors (Lipinski definition) is 0. The number of rotatable bonds is 4. The van der Waals surface area contributed by atoms with Crippen LogP contribution in [0.4, 0.5) is 0 Å². The highest BCUT2D eigenvalue weighted by Gasteiger charge is 2.14. The van der Waals surface area contributed by atoms with Crippen molar-refractivity contribution in [3.63, 3.8) is 0 Å². The van der Waals surface area contributed by atoms with Gasteiger partial charge in [-0.1, -0.05) is 37.6 Å². The van der Waals surface area contributed by atoms with Gasteiger partial charge in [0.15, 0.2) is 0 Å². The second-order valence-corrected chi connectivity index (χ2v) is 5.80. The van der Waals surface area contributed by atoms with E-state index in [1.807, 2.05) is 32.0 Å². The van der Waals surface area contributed by atoms with Gasteiger partial charge in [-0.05, 0) is 18.1 Å². The molecule has 5 heteroatoms. The van der Waals surface area contributed by atoms with Gasteiger partial charge in [-0.3, -0.25) is 0 Å². The van der Waals surface area contributed by atoms with Crippen molar-refractivity contribution in [1.82, 2.24) is 4.98 Å². The number of benzene rings is 1. The Morgan fingerprint density at radius 1 is 1.42 bits per heavy atom. The van der Waals surface area contributed by atoms with E-state index in [0.717, 1.165) is 10.7 Å². The van der Waals surface area contributed by atoms with Crippen molar-refractivity contribution in [2.24, 2.45) is 0 Å². The topological polar surface area (TPSA) is 45.9 Å². The second kappa shape index (κ2) is 6.05. The quantitative estimate of drug-likeness (QED) is 0.840. The minimum absolute atomic E-state index is 0.236. The lowest BCUT2D eigenvalue weighted by atomic mass is 10.1. The molecule has 98 valence electrons. The molecular weight excluding hydrogens is 280 g/mol. The molecule has 1 heterocycles. The molecular formula is C14H13ClN2OS. The molecule has 0 radical (unpaired) electrons. The van der Waals surface area contributed by atoms with Gasteiger partial charge in [-0.2, -0.15) is 5.26 Å². The lowest BCUT2D eigenvalue weighted by Crippen LogP contribution is -1.96.